The molecular formula is C25H32N2OS. The first-order valence-corrected chi connectivity index (χ1v) is 11.7. The summed E-state index contributed by atoms with van der Waals surface area (Å²) in [4.78, 5) is 0.681. The molecule has 3 aromatic rings. The van der Waals surface area contributed by atoms with E-state index in [1.54, 1.807) is 6.07 Å². The highest BCUT2D eigenvalue weighted by Gasteiger charge is 2.17. The third-order valence-electron chi connectivity index (χ3n) is 5.60. The van der Waals surface area contributed by atoms with Crippen LogP contribution >= 0.6 is 0 Å². The van der Waals surface area contributed by atoms with E-state index < -0.39 is 11.0 Å². The van der Waals surface area contributed by atoms with Crippen molar-refractivity contribution in [3.05, 3.63) is 77.9 Å². The van der Waals surface area contributed by atoms with Crippen LogP contribution in [0.15, 0.2) is 71.6 Å². The number of nitrogens with two attached hydrogens (primary N) is 1. The van der Waals surface area contributed by atoms with Crippen LogP contribution in [0.1, 0.15) is 56.2 Å². The van der Waals surface area contributed by atoms with Gasteiger partial charge < -0.3 is 5.32 Å². The molecular weight excluding hydrogens is 376 g/mol. The highest BCUT2D eigenvalue weighted by atomic mass is 32.2. The van der Waals surface area contributed by atoms with Gasteiger partial charge in [0.05, 0.1) is 4.90 Å². The van der Waals surface area contributed by atoms with Crippen molar-refractivity contribution in [1.29, 1.82) is 0 Å². The molecule has 0 spiro atoms. The smallest absolute Gasteiger partial charge is 0.122 e. The molecule has 4 heteroatoms. The Morgan fingerprint density at radius 3 is 2.34 bits per heavy atom. The fourth-order valence-electron chi connectivity index (χ4n) is 4.08. The van der Waals surface area contributed by atoms with Crippen molar-refractivity contribution in [1.82, 2.24) is 5.32 Å². The van der Waals surface area contributed by atoms with E-state index >= 15 is 0 Å². The molecule has 2 atom stereocenters. The molecule has 3 aromatic carbocycles. The van der Waals surface area contributed by atoms with Gasteiger partial charge in [-0.2, -0.15) is 0 Å². The molecule has 0 aliphatic heterocycles. The van der Waals surface area contributed by atoms with Gasteiger partial charge in [0.2, 0.25) is 0 Å². The summed E-state index contributed by atoms with van der Waals surface area (Å²) in [6.07, 6.45) is 6.88. The minimum atomic E-state index is -1.34. The monoisotopic (exact) mass is 408 g/mol. The summed E-state index contributed by atoms with van der Waals surface area (Å²) < 4.78 is 10.7. The lowest BCUT2D eigenvalue weighted by Crippen LogP contribution is -2.33. The van der Waals surface area contributed by atoms with Gasteiger partial charge in [0.15, 0.2) is 0 Å². The summed E-state index contributed by atoms with van der Waals surface area (Å²) in [5.74, 6) is 0. The molecule has 1 saturated carbocycles. The van der Waals surface area contributed by atoms with Crippen LogP contribution in [0.2, 0.25) is 0 Å². The highest BCUT2D eigenvalue weighted by molar-refractivity contribution is 7.82. The molecule has 0 radical (unpaired) electrons. The molecule has 2 unspecified atom stereocenters. The maximum Gasteiger partial charge on any atom is 0.122 e. The van der Waals surface area contributed by atoms with E-state index in [9.17, 15) is 4.21 Å². The summed E-state index contributed by atoms with van der Waals surface area (Å²) in [5, 5.41) is 11.7. The Balaban J connectivity index is 0.000000204. The standard InChI is InChI=1S/C18H23N.C7H9NOS/c1-14(19-16-10-3-2-4-11-16)17-13-7-9-15-8-5-6-12-18(15)17;1-6-3-2-4-7(5-6)10(8)9/h5-9,12-14,16,19H,2-4,10-11H2,1H3;2-5H,8H2,1H3. The van der Waals surface area contributed by atoms with Gasteiger partial charge in [-0.3, -0.25) is 0 Å². The summed E-state index contributed by atoms with van der Waals surface area (Å²) in [6, 6.07) is 23.8. The molecule has 0 amide bonds. The van der Waals surface area contributed by atoms with E-state index in [-0.39, 0.29) is 0 Å². The molecule has 1 aliphatic rings. The topological polar surface area (TPSA) is 55.1 Å². The zero-order chi connectivity index (χ0) is 20.6. The van der Waals surface area contributed by atoms with Crippen LogP contribution in [-0.2, 0) is 11.0 Å². The average Bonchev–Trinajstić information content (AvgIpc) is 2.74. The summed E-state index contributed by atoms with van der Waals surface area (Å²) in [7, 11) is -1.34. The third-order valence-corrected chi connectivity index (χ3v) is 6.32. The van der Waals surface area contributed by atoms with Gasteiger partial charge in [0, 0.05) is 12.1 Å². The maximum absolute atomic E-state index is 10.7. The van der Waals surface area contributed by atoms with Crippen LogP contribution in [-0.4, -0.2) is 10.3 Å². The number of benzene rings is 3. The zero-order valence-corrected chi connectivity index (χ0v) is 18.3. The van der Waals surface area contributed by atoms with Crippen LogP contribution in [0.5, 0.6) is 0 Å². The lowest BCUT2D eigenvalue weighted by Gasteiger charge is -2.27. The summed E-state index contributed by atoms with van der Waals surface area (Å²) in [5.41, 5.74) is 2.51. The molecule has 3 nitrogen and oxygen atoms in total. The van der Waals surface area contributed by atoms with E-state index in [1.165, 1.54) is 48.4 Å². The number of nitrogens with one attached hydrogen (secondary N) is 1. The van der Waals surface area contributed by atoms with Gasteiger partial charge in [0.1, 0.15) is 11.0 Å². The molecule has 1 aliphatic carbocycles. The molecule has 0 aromatic heterocycles. The predicted octanol–water partition coefficient (Wildman–Crippen LogP) is 5.80. The van der Waals surface area contributed by atoms with E-state index in [0.29, 0.717) is 17.0 Å². The zero-order valence-electron chi connectivity index (χ0n) is 17.4. The first kappa shape index (κ1) is 21.7. The molecule has 0 saturated heterocycles. The van der Waals surface area contributed by atoms with Gasteiger partial charge in [0.25, 0.3) is 0 Å². The first-order chi connectivity index (χ1) is 14.0. The molecule has 4 rings (SSSR count). The Morgan fingerprint density at radius 1 is 0.966 bits per heavy atom. The molecule has 0 bridgehead atoms. The Labute approximate surface area is 177 Å². The lowest BCUT2D eigenvalue weighted by atomic mass is 9.93. The Bertz CT molecular complexity index is 945. The van der Waals surface area contributed by atoms with Crippen molar-refractivity contribution in [2.75, 3.05) is 0 Å². The summed E-state index contributed by atoms with van der Waals surface area (Å²) >= 11 is 0. The van der Waals surface area contributed by atoms with Crippen molar-refractivity contribution < 1.29 is 4.21 Å². The van der Waals surface area contributed by atoms with Crippen molar-refractivity contribution in [3.63, 3.8) is 0 Å². The van der Waals surface area contributed by atoms with Gasteiger partial charge in [-0.1, -0.05) is 73.9 Å². The van der Waals surface area contributed by atoms with Crippen molar-refractivity contribution in [2.45, 2.75) is 62.9 Å². The number of hydrogen-bond donors (Lipinski definition) is 2. The van der Waals surface area contributed by atoms with Crippen LogP contribution in [0.4, 0.5) is 0 Å². The number of hydrogen-bond acceptors (Lipinski definition) is 2. The van der Waals surface area contributed by atoms with Crippen molar-refractivity contribution in [3.8, 4) is 0 Å². The van der Waals surface area contributed by atoms with Gasteiger partial charge in [-0.15, -0.1) is 0 Å². The molecule has 1 fully saturated rings. The number of rotatable bonds is 4. The van der Waals surface area contributed by atoms with Gasteiger partial charge >= 0.3 is 0 Å². The second kappa shape index (κ2) is 10.7. The molecule has 154 valence electrons. The second-order valence-electron chi connectivity index (χ2n) is 7.91. The van der Waals surface area contributed by atoms with E-state index in [0.717, 1.165) is 5.56 Å². The Kier molecular flexibility index (Phi) is 7.99. The van der Waals surface area contributed by atoms with Gasteiger partial charge in [-0.05, 0) is 60.7 Å². The largest absolute Gasteiger partial charge is 0.307 e. The SMILES string of the molecule is CC(NC1CCCCC1)c1cccc2ccccc12.Cc1cccc(S(N)=O)c1. The first-order valence-electron chi connectivity index (χ1n) is 10.5. The highest BCUT2D eigenvalue weighted by Crippen LogP contribution is 2.26. The van der Waals surface area contributed by atoms with Crippen LogP contribution < -0.4 is 10.5 Å². The summed E-state index contributed by atoms with van der Waals surface area (Å²) in [6.45, 7) is 4.24. The van der Waals surface area contributed by atoms with Crippen LogP contribution in [0.25, 0.3) is 10.8 Å². The Hall–Kier alpha value is -2.01. The quantitative estimate of drug-likeness (QED) is 0.573. The lowest BCUT2D eigenvalue weighted by molar-refractivity contribution is 0.347. The average molecular weight is 409 g/mol. The van der Waals surface area contributed by atoms with Crippen molar-refractivity contribution in [2.24, 2.45) is 5.14 Å². The third kappa shape index (κ3) is 6.23. The van der Waals surface area contributed by atoms with E-state index in [4.69, 9.17) is 5.14 Å². The van der Waals surface area contributed by atoms with E-state index in [1.807, 2.05) is 25.1 Å². The minimum Gasteiger partial charge on any atom is -0.307 e. The number of fused-ring (bicyclic) bond motifs is 1. The fraction of sp³-hybridized carbons (Fsp3) is 0.360. The normalized spacial score (nSPS) is 16.7. The Morgan fingerprint density at radius 2 is 1.66 bits per heavy atom. The van der Waals surface area contributed by atoms with Gasteiger partial charge in [-0.25, -0.2) is 9.35 Å². The van der Waals surface area contributed by atoms with E-state index in [2.05, 4.69) is 54.7 Å². The maximum atomic E-state index is 10.7. The van der Waals surface area contributed by atoms with Crippen molar-refractivity contribution >= 4 is 21.8 Å². The fourth-order valence-corrected chi connectivity index (χ4v) is 4.60. The minimum absolute atomic E-state index is 0.439. The second-order valence-corrected chi connectivity index (χ2v) is 8.97. The predicted molar refractivity (Wildman–Crippen MR) is 124 cm³/mol. The molecule has 0 heterocycles. The number of aryl methyl sites for hydroxylation is 1. The van der Waals surface area contributed by atoms with Crippen LogP contribution in [0.3, 0.4) is 0 Å². The molecule has 3 N–H and O–H groups in total. The van der Waals surface area contributed by atoms with Crippen LogP contribution in [0, 0.1) is 6.92 Å². The molecule has 29 heavy (non-hydrogen) atoms.